The van der Waals surface area contributed by atoms with Crippen LogP contribution in [0.5, 0.6) is 0 Å². The van der Waals surface area contributed by atoms with Gasteiger partial charge in [0.1, 0.15) is 0 Å². The standard InChI is InChI=1S/C42H60O5/c1-6-8-9-10-31-11-12-38-27-39(18-17-36(38)25-31)40-20-19-37(26-32(40)7-2)34-15-13-33(14-16-34)35(21-23-46-41(44)29(3)4)22-24-47-42(45)30(5)28-43/h11-12,17-18,25,27,32-35,37,40,43H,3,5-10,13-16,19-24,26,28H2,1-2,4H3. The van der Waals surface area contributed by atoms with Gasteiger partial charge in [0, 0.05) is 5.57 Å². The number of ether oxygens (including phenoxy) is 2. The van der Waals surface area contributed by atoms with E-state index in [0.29, 0.717) is 29.9 Å². The van der Waals surface area contributed by atoms with Crippen molar-refractivity contribution < 1.29 is 24.2 Å². The van der Waals surface area contributed by atoms with Crippen molar-refractivity contribution in [2.75, 3.05) is 19.8 Å². The summed E-state index contributed by atoms with van der Waals surface area (Å²) in [4.78, 5) is 24.0. The van der Waals surface area contributed by atoms with Gasteiger partial charge in [0.2, 0.25) is 0 Å². The Morgan fingerprint density at radius 1 is 0.851 bits per heavy atom. The first-order valence-corrected chi connectivity index (χ1v) is 18.5. The number of rotatable bonds is 17. The van der Waals surface area contributed by atoms with E-state index in [-0.39, 0.29) is 18.1 Å². The SMILES string of the molecule is C=C(C)C(=O)OCCC(CCOC(=O)C(=C)CO)C1CCC(C2CCC(c3ccc4cc(CCCCC)ccc4c3)C(CC)C2)CC1. The van der Waals surface area contributed by atoms with Gasteiger partial charge in [-0.15, -0.1) is 0 Å². The summed E-state index contributed by atoms with van der Waals surface area (Å²) in [5.74, 6) is 2.89. The molecule has 1 N–H and O–H groups in total. The second-order valence-electron chi connectivity index (χ2n) is 14.6. The van der Waals surface area contributed by atoms with E-state index in [4.69, 9.17) is 9.47 Å². The van der Waals surface area contributed by atoms with Crippen molar-refractivity contribution in [2.24, 2.45) is 29.6 Å². The van der Waals surface area contributed by atoms with Crippen molar-refractivity contribution in [1.29, 1.82) is 0 Å². The highest BCUT2D eigenvalue weighted by Crippen LogP contribution is 2.49. The largest absolute Gasteiger partial charge is 0.462 e. The smallest absolute Gasteiger partial charge is 0.335 e. The third-order valence-electron chi connectivity index (χ3n) is 11.4. The summed E-state index contributed by atoms with van der Waals surface area (Å²) < 4.78 is 10.8. The fraction of sp³-hybridized carbons (Fsp3) is 0.619. The van der Waals surface area contributed by atoms with Gasteiger partial charge in [-0.25, -0.2) is 9.59 Å². The number of fused-ring (bicyclic) bond motifs is 1. The molecular weight excluding hydrogens is 584 g/mol. The quantitative estimate of drug-likeness (QED) is 0.105. The number of esters is 2. The maximum atomic E-state index is 12.0. The zero-order chi connectivity index (χ0) is 33.8. The number of aliphatic hydroxyl groups is 1. The van der Waals surface area contributed by atoms with E-state index in [1.54, 1.807) is 6.92 Å². The molecule has 4 rings (SSSR count). The summed E-state index contributed by atoms with van der Waals surface area (Å²) in [6.45, 7) is 13.8. The Balaban J connectivity index is 1.32. The monoisotopic (exact) mass is 644 g/mol. The van der Waals surface area contributed by atoms with Gasteiger partial charge in [0.05, 0.1) is 25.4 Å². The molecular formula is C42H60O5. The first-order valence-electron chi connectivity index (χ1n) is 18.5. The Kier molecular flexibility index (Phi) is 14.6. The van der Waals surface area contributed by atoms with Crippen molar-refractivity contribution in [2.45, 2.75) is 117 Å². The Hall–Kier alpha value is -2.92. The summed E-state index contributed by atoms with van der Waals surface area (Å²) >= 11 is 0. The average Bonchev–Trinajstić information content (AvgIpc) is 3.10. The molecule has 2 aliphatic carbocycles. The van der Waals surface area contributed by atoms with Gasteiger partial charge in [-0.1, -0.05) is 82.7 Å². The van der Waals surface area contributed by atoms with Gasteiger partial charge in [0.25, 0.3) is 0 Å². The Morgan fingerprint density at radius 3 is 2.17 bits per heavy atom. The summed E-state index contributed by atoms with van der Waals surface area (Å²) in [6.07, 6.45) is 16.5. The molecule has 47 heavy (non-hydrogen) atoms. The van der Waals surface area contributed by atoms with Crippen LogP contribution in [0.1, 0.15) is 121 Å². The first kappa shape index (κ1) is 36.9. The maximum absolute atomic E-state index is 12.0. The fourth-order valence-electron chi connectivity index (χ4n) is 8.50. The fourth-order valence-corrected chi connectivity index (χ4v) is 8.50. The Morgan fingerprint density at radius 2 is 1.51 bits per heavy atom. The highest BCUT2D eigenvalue weighted by molar-refractivity contribution is 5.88. The minimum Gasteiger partial charge on any atom is -0.462 e. The Labute approximate surface area is 284 Å². The van der Waals surface area contributed by atoms with Crippen LogP contribution in [0.2, 0.25) is 0 Å². The van der Waals surface area contributed by atoms with Gasteiger partial charge in [-0.3, -0.25) is 0 Å². The zero-order valence-corrected chi connectivity index (χ0v) is 29.4. The lowest BCUT2D eigenvalue weighted by atomic mass is 9.63. The number of benzene rings is 2. The van der Waals surface area contributed by atoms with Crippen LogP contribution in [-0.4, -0.2) is 36.9 Å². The highest BCUT2D eigenvalue weighted by Gasteiger charge is 2.37. The number of aliphatic hydroxyl groups excluding tert-OH is 1. The van der Waals surface area contributed by atoms with Crippen LogP contribution in [0.3, 0.4) is 0 Å². The predicted octanol–water partition coefficient (Wildman–Crippen LogP) is 9.90. The van der Waals surface area contributed by atoms with Crippen molar-refractivity contribution in [1.82, 2.24) is 0 Å². The second kappa shape index (κ2) is 18.6. The average molecular weight is 645 g/mol. The number of hydrogen-bond acceptors (Lipinski definition) is 5. The number of aryl methyl sites for hydroxylation is 1. The molecule has 2 fully saturated rings. The molecule has 2 aromatic carbocycles. The maximum Gasteiger partial charge on any atom is 0.335 e. The molecule has 258 valence electrons. The first-order chi connectivity index (χ1) is 22.7. The number of carbonyl (C=O) groups is 2. The van der Waals surface area contributed by atoms with Crippen LogP contribution < -0.4 is 0 Å². The van der Waals surface area contributed by atoms with E-state index in [9.17, 15) is 14.7 Å². The number of hydrogen-bond donors (Lipinski definition) is 1. The van der Waals surface area contributed by atoms with Crippen molar-refractivity contribution in [3.8, 4) is 0 Å². The van der Waals surface area contributed by atoms with E-state index in [2.05, 4.69) is 63.4 Å². The predicted molar refractivity (Wildman–Crippen MR) is 192 cm³/mol. The molecule has 2 saturated carbocycles. The van der Waals surface area contributed by atoms with Gasteiger partial charge in [0.15, 0.2) is 0 Å². The molecule has 0 saturated heterocycles. The van der Waals surface area contributed by atoms with Gasteiger partial charge >= 0.3 is 11.9 Å². The molecule has 2 aromatic rings. The van der Waals surface area contributed by atoms with Crippen LogP contribution in [-0.2, 0) is 25.5 Å². The molecule has 4 atom stereocenters. The van der Waals surface area contributed by atoms with E-state index >= 15 is 0 Å². The van der Waals surface area contributed by atoms with Crippen molar-refractivity contribution in [3.63, 3.8) is 0 Å². The summed E-state index contributed by atoms with van der Waals surface area (Å²) in [6, 6.07) is 14.4. The zero-order valence-electron chi connectivity index (χ0n) is 29.4. The highest BCUT2D eigenvalue weighted by atomic mass is 16.5. The second-order valence-corrected chi connectivity index (χ2v) is 14.6. The number of unbranched alkanes of at least 4 members (excludes halogenated alkanes) is 2. The van der Waals surface area contributed by atoms with Crippen LogP contribution in [0.15, 0.2) is 60.7 Å². The normalized spacial score (nSPS) is 23.6. The van der Waals surface area contributed by atoms with E-state index < -0.39 is 12.6 Å². The minimum atomic E-state index is -0.541. The molecule has 0 amide bonds. The molecule has 0 aromatic heterocycles. The van der Waals surface area contributed by atoms with Crippen molar-refractivity contribution in [3.05, 3.63) is 71.8 Å². The van der Waals surface area contributed by atoms with Gasteiger partial charge in [-0.05, 0) is 135 Å². The molecule has 5 nitrogen and oxygen atoms in total. The lowest BCUT2D eigenvalue weighted by Gasteiger charge is -2.43. The van der Waals surface area contributed by atoms with Crippen LogP contribution in [0.25, 0.3) is 10.8 Å². The van der Waals surface area contributed by atoms with Gasteiger partial charge in [-0.2, -0.15) is 0 Å². The van der Waals surface area contributed by atoms with Crippen LogP contribution in [0, 0.1) is 29.6 Å². The molecule has 0 aliphatic heterocycles. The van der Waals surface area contributed by atoms with Crippen LogP contribution >= 0.6 is 0 Å². The molecule has 0 bridgehead atoms. The van der Waals surface area contributed by atoms with Gasteiger partial charge < -0.3 is 14.6 Å². The molecule has 0 heterocycles. The molecule has 0 spiro atoms. The van der Waals surface area contributed by atoms with Crippen LogP contribution in [0.4, 0.5) is 0 Å². The molecule has 2 aliphatic rings. The van der Waals surface area contributed by atoms with E-state index in [1.165, 1.54) is 98.9 Å². The summed E-state index contributed by atoms with van der Waals surface area (Å²) in [5.41, 5.74) is 3.48. The minimum absolute atomic E-state index is 0.0740. The van der Waals surface area contributed by atoms with E-state index in [1.807, 2.05) is 0 Å². The van der Waals surface area contributed by atoms with E-state index in [0.717, 1.165) is 30.6 Å². The lowest BCUT2D eigenvalue weighted by molar-refractivity contribution is -0.140. The lowest BCUT2D eigenvalue weighted by Crippen LogP contribution is -2.32. The van der Waals surface area contributed by atoms with Crippen molar-refractivity contribution >= 4 is 22.7 Å². The third kappa shape index (κ3) is 10.5. The summed E-state index contributed by atoms with van der Waals surface area (Å²) in [5, 5.41) is 11.9. The molecule has 5 heteroatoms. The Bertz CT molecular complexity index is 1340. The third-order valence-corrected chi connectivity index (χ3v) is 11.4. The topological polar surface area (TPSA) is 72.8 Å². The summed E-state index contributed by atoms with van der Waals surface area (Å²) in [7, 11) is 0. The molecule has 0 radical (unpaired) electrons. The molecule has 4 unspecified atom stereocenters. The number of carbonyl (C=O) groups excluding carboxylic acids is 2.